The summed E-state index contributed by atoms with van der Waals surface area (Å²) in [5.41, 5.74) is 0.464. The maximum atomic E-state index is 12.5. The van der Waals surface area contributed by atoms with Gasteiger partial charge in [-0.05, 0) is 62.9 Å². The van der Waals surface area contributed by atoms with E-state index < -0.39 is 10.0 Å². The van der Waals surface area contributed by atoms with Crippen LogP contribution in [-0.4, -0.2) is 40.6 Å². The SMILES string of the molecule is COc1ccc(NC(=O)CCC2CCNC2)cc1S(=O)(=O)NC1CC1. The summed E-state index contributed by atoms with van der Waals surface area (Å²) >= 11 is 0. The van der Waals surface area contributed by atoms with Crippen LogP contribution in [-0.2, 0) is 14.8 Å². The first-order valence-corrected chi connectivity index (χ1v) is 10.2. The molecule has 2 fully saturated rings. The van der Waals surface area contributed by atoms with Crippen LogP contribution in [0.5, 0.6) is 5.75 Å². The zero-order chi connectivity index (χ0) is 17.9. The van der Waals surface area contributed by atoms with Gasteiger partial charge in [-0.25, -0.2) is 13.1 Å². The molecule has 1 saturated heterocycles. The van der Waals surface area contributed by atoms with Crippen molar-refractivity contribution in [3.63, 3.8) is 0 Å². The summed E-state index contributed by atoms with van der Waals surface area (Å²) < 4.78 is 32.8. The van der Waals surface area contributed by atoms with Gasteiger partial charge in [-0.15, -0.1) is 0 Å². The maximum Gasteiger partial charge on any atom is 0.244 e. The second kappa shape index (κ2) is 7.72. The summed E-state index contributed by atoms with van der Waals surface area (Å²) in [6.45, 7) is 1.98. The Morgan fingerprint density at radius 1 is 1.32 bits per heavy atom. The van der Waals surface area contributed by atoms with E-state index in [9.17, 15) is 13.2 Å². The Hall–Kier alpha value is -1.64. The van der Waals surface area contributed by atoms with Crippen molar-refractivity contribution < 1.29 is 17.9 Å². The number of anilines is 1. The van der Waals surface area contributed by atoms with Gasteiger partial charge in [-0.1, -0.05) is 0 Å². The summed E-state index contributed by atoms with van der Waals surface area (Å²) in [4.78, 5) is 12.2. The van der Waals surface area contributed by atoms with E-state index in [-0.39, 0.29) is 22.6 Å². The molecule has 1 unspecified atom stereocenters. The normalized spacial score (nSPS) is 20.4. The standard InChI is InChI=1S/C17H25N3O4S/c1-24-15-6-5-14(10-16(15)25(22,23)20-13-3-4-13)19-17(21)7-2-12-8-9-18-11-12/h5-6,10,12-13,18,20H,2-4,7-9,11H2,1H3,(H,19,21). The molecule has 1 aliphatic heterocycles. The Labute approximate surface area is 148 Å². The minimum Gasteiger partial charge on any atom is -0.495 e. The molecular weight excluding hydrogens is 342 g/mol. The molecule has 8 heteroatoms. The van der Waals surface area contributed by atoms with Crippen molar-refractivity contribution in [2.45, 2.75) is 43.0 Å². The molecule has 0 aromatic heterocycles. The van der Waals surface area contributed by atoms with Gasteiger partial charge >= 0.3 is 0 Å². The fourth-order valence-corrected chi connectivity index (χ4v) is 4.47. The number of ether oxygens (including phenoxy) is 1. The minimum absolute atomic E-state index is 0.00738. The molecule has 1 aromatic rings. The molecule has 1 atom stereocenters. The van der Waals surface area contributed by atoms with Gasteiger partial charge in [0.1, 0.15) is 10.6 Å². The zero-order valence-electron chi connectivity index (χ0n) is 14.4. The fraction of sp³-hybridized carbons (Fsp3) is 0.588. The average Bonchev–Trinajstić information content (AvgIpc) is 3.23. The van der Waals surface area contributed by atoms with E-state index in [1.165, 1.54) is 13.2 Å². The molecule has 1 amide bonds. The Morgan fingerprint density at radius 2 is 2.12 bits per heavy atom. The monoisotopic (exact) mass is 367 g/mol. The highest BCUT2D eigenvalue weighted by Gasteiger charge is 2.30. The lowest BCUT2D eigenvalue weighted by molar-refractivity contribution is -0.116. The number of amides is 1. The smallest absolute Gasteiger partial charge is 0.244 e. The van der Waals surface area contributed by atoms with Gasteiger partial charge in [0.25, 0.3) is 0 Å². The van der Waals surface area contributed by atoms with Gasteiger partial charge in [0, 0.05) is 18.2 Å². The van der Waals surface area contributed by atoms with Crippen molar-refractivity contribution in [2.24, 2.45) is 5.92 Å². The number of methoxy groups -OCH3 is 1. The number of rotatable bonds is 8. The lowest BCUT2D eigenvalue weighted by Crippen LogP contribution is -2.26. The number of nitrogens with one attached hydrogen (secondary N) is 3. The number of hydrogen-bond donors (Lipinski definition) is 3. The van der Waals surface area contributed by atoms with Crippen LogP contribution in [0, 0.1) is 5.92 Å². The van der Waals surface area contributed by atoms with E-state index >= 15 is 0 Å². The third-order valence-electron chi connectivity index (χ3n) is 4.58. The Morgan fingerprint density at radius 3 is 2.76 bits per heavy atom. The molecule has 25 heavy (non-hydrogen) atoms. The fourth-order valence-electron chi connectivity index (χ4n) is 2.97. The topological polar surface area (TPSA) is 96.5 Å². The van der Waals surface area contributed by atoms with E-state index in [1.807, 2.05) is 0 Å². The average molecular weight is 367 g/mol. The molecule has 7 nitrogen and oxygen atoms in total. The summed E-state index contributed by atoms with van der Waals surface area (Å²) in [6, 6.07) is 4.69. The van der Waals surface area contributed by atoms with Crippen molar-refractivity contribution in [1.29, 1.82) is 0 Å². The van der Waals surface area contributed by atoms with Crippen LogP contribution >= 0.6 is 0 Å². The molecular formula is C17H25N3O4S. The van der Waals surface area contributed by atoms with Gasteiger partial charge in [0.15, 0.2) is 0 Å². The second-order valence-electron chi connectivity index (χ2n) is 6.71. The first-order valence-electron chi connectivity index (χ1n) is 8.69. The Bertz CT molecular complexity index is 725. The molecule has 138 valence electrons. The van der Waals surface area contributed by atoms with Crippen molar-refractivity contribution >= 4 is 21.6 Å². The number of sulfonamides is 1. The molecule has 3 N–H and O–H groups in total. The molecule has 2 aliphatic rings. The predicted octanol–water partition coefficient (Wildman–Crippen LogP) is 1.46. The van der Waals surface area contributed by atoms with Gasteiger partial charge in [0.05, 0.1) is 7.11 Å². The van der Waals surface area contributed by atoms with Crippen LogP contribution in [0.2, 0.25) is 0 Å². The maximum absolute atomic E-state index is 12.5. The van der Waals surface area contributed by atoms with Crippen LogP contribution in [0.3, 0.4) is 0 Å². The number of carbonyl (C=O) groups is 1. The molecule has 3 rings (SSSR count). The third kappa shape index (κ3) is 4.93. The van der Waals surface area contributed by atoms with Crippen LogP contribution in [0.1, 0.15) is 32.1 Å². The zero-order valence-corrected chi connectivity index (χ0v) is 15.2. The molecule has 1 heterocycles. The summed E-state index contributed by atoms with van der Waals surface area (Å²) in [5, 5.41) is 6.08. The molecule has 0 spiro atoms. The van der Waals surface area contributed by atoms with Crippen molar-refractivity contribution in [3.05, 3.63) is 18.2 Å². The highest BCUT2D eigenvalue weighted by atomic mass is 32.2. The summed E-state index contributed by atoms with van der Waals surface area (Å²) in [6.07, 6.45) is 4.08. The highest BCUT2D eigenvalue weighted by molar-refractivity contribution is 7.89. The van der Waals surface area contributed by atoms with Gasteiger partial charge < -0.3 is 15.4 Å². The highest BCUT2D eigenvalue weighted by Crippen LogP contribution is 2.30. The van der Waals surface area contributed by atoms with E-state index in [2.05, 4.69) is 15.4 Å². The van der Waals surface area contributed by atoms with E-state index in [4.69, 9.17) is 4.74 Å². The van der Waals surface area contributed by atoms with Crippen molar-refractivity contribution in [1.82, 2.24) is 10.0 Å². The van der Waals surface area contributed by atoms with Gasteiger partial charge in [-0.3, -0.25) is 4.79 Å². The van der Waals surface area contributed by atoms with Gasteiger partial charge in [-0.2, -0.15) is 0 Å². The summed E-state index contributed by atoms with van der Waals surface area (Å²) in [5.74, 6) is 0.707. The third-order valence-corrected chi connectivity index (χ3v) is 6.12. The van der Waals surface area contributed by atoms with Gasteiger partial charge in [0.2, 0.25) is 15.9 Å². The van der Waals surface area contributed by atoms with Crippen molar-refractivity contribution in [2.75, 3.05) is 25.5 Å². The molecule has 0 bridgehead atoms. The predicted molar refractivity (Wildman–Crippen MR) is 95.2 cm³/mol. The van der Waals surface area contributed by atoms with E-state index in [1.54, 1.807) is 12.1 Å². The number of benzene rings is 1. The van der Waals surface area contributed by atoms with Crippen LogP contribution in [0.15, 0.2) is 23.1 Å². The molecule has 1 aromatic carbocycles. The lowest BCUT2D eigenvalue weighted by Gasteiger charge is -2.13. The van der Waals surface area contributed by atoms with Crippen LogP contribution in [0.4, 0.5) is 5.69 Å². The molecule has 1 aliphatic carbocycles. The largest absolute Gasteiger partial charge is 0.495 e. The quantitative estimate of drug-likeness (QED) is 0.646. The summed E-state index contributed by atoms with van der Waals surface area (Å²) in [7, 11) is -2.23. The van der Waals surface area contributed by atoms with Crippen LogP contribution < -0.4 is 20.1 Å². The Kier molecular flexibility index (Phi) is 5.61. The van der Waals surface area contributed by atoms with E-state index in [0.717, 1.165) is 38.8 Å². The Balaban J connectivity index is 1.66. The second-order valence-corrected chi connectivity index (χ2v) is 8.39. The minimum atomic E-state index is -3.66. The molecule has 1 saturated carbocycles. The van der Waals surface area contributed by atoms with Crippen molar-refractivity contribution in [3.8, 4) is 5.75 Å². The number of carbonyl (C=O) groups excluding carboxylic acids is 1. The lowest BCUT2D eigenvalue weighted by atomic mass is 10.0. The first kappa shape index (κ1) is 18.2. The molecule has 0 radical (unpaired) electrons. The number of hydrogen-bond acceptors (Lipinski definition) is 5. The van der Waals surface area contributed by atoms with Crippen LogP contribution in [0.25, 0.3) is 0 Å². The first-order chi connectivity index (χ1) is 12.0. The van der Waals surface area contributed by atoms with E-state index in [0.29, 0.717) is 18.0 Å².